The summed E-state index contributed by atoms with van der Waals surface area (Å²) in [4.78, 5) is 26.0. The minimum atomic E-state index is -0.874. The summed E-state index contributed by atoms with van der Waals surface area (Å²) < 4.78 is 6.76. The zero-order valence-corrected chi connectivity index (χ0v) is 20.7. The molecule has 2 aromatic rings. The van der Waals surface area contributed by atoms with E-state index in [0.717, 1.165) is 17.7 Å². The highest BCUT2D eigenvalue weighted by atomic mass is 32.2. The second-order valence-corrected chi connectivity index (χ2v) is 10.9. The summed E-state index contributed by atoms with van der Waals surface area (Å²) in [7, 11) is 0. The molecule has 0 saturated heterocycles. The third-order valence-corrected chi connectivity index (χ3v) is 7.93. The number of carboxylic acids is 1. The molecule has 0 amide bonds. The van der Waals surface area contributed by atoms with Crippen LogP contribution in [0.1, 0.15) is 63.2 Å². The number of carboxylic acid groups (broad SMARTS) is 1. The maximum absolute atomic E-state index is 13.2. The Labute approximate surface area is 202 Å². The Morgan fingerprint density at radius 3 is 2.24 bits per heavy atom. The second-order valence-electron chi connectivity index (χ2n) is 9.60. The van der Waals surface area contributed by atoms with Crippen molar-refractivity contribution in [1.82, 2.24) is 0 Å². The molecule has 1 aliphatic rings. The molecule has 4 nitrogen and oxygen atoms in total. The monoisotopic (exact) mass is 468 g/mol. The number of carbonyl (C=O) groups excluding carboxylic acids is 1. The fraction of sp³-hybridized carbons (Fsp3) is 0.500. The van der Waals surface area contributed by atoms with Gasteiger partial charge in [0.15, 0.2) is 5.78 Å². The SMILES string of the molecule is CC(C)[C@@H]1CC[C@@H](C)C[C@H]1O[C@@H](CC(=O)c1ccccc1)[C@@H](CC(=O)O)Sc1ccccc1. The molecule has 178 valence electrons. The van der Waals surface area contributed by atoms with E-state index in [9.17, 15) is 14.7 Å². The summed E-state index contributed by atoms with van der Waals surface area (Å²) >= 11 is 1.50. The molecule has 0 radical (unpaired) electrons. The smallest absolute Gasteiger partial charge is 0.304 e. The fourth-order valence-corrected chi connectivity index (χ4v) is 5.98. The van der Waals surface area contributed by atoms with Crippen LogP contribution in [-0.2, 0) is 9.53 Å². The minimum absolute atomic E-state index is 0.00500. The van der Waals surface area contributed by atoms with Crippen molar-refractivity contribution in [2.24, 2.45) is 17.8 Å². The van der Waals surface area contributed by atoms with Gasteiger partial charge in [-0.05, 0) is 42.7 Å². The predicted octanol–water partition coefficient (Wildman–Crippen LogP) is 6.74. The first-order valence-electron chi connectivity index (χ1n) is 12.0. The third kappa shape index (κ3) is 7.72. The van der Waals surface area contributed by atoms with Crippen molar-refractivity contribution in [1.29, 1.82) is 0 Å². The van der Waals surface area contributed by atoms with Gasteiger partial charge in [-0.15, -0.1) is 11.8 Å². The first kappa shape index (κ1) is 25.5. The third-order valence-electron chi connectivity index (χ3n) is 6.61. The molecule has 1 fully saturated rings. The number of ketones is 1. The molecule has 5 atom stereocenters. The van der Waals surface area contributed by atoms with Gasteiger partial charge in [-0.2, -0.15) is 0 Å². The molecule has 3 rings (SSSR count). The first-order valence-corrected chi connectivity index (χ1v) is 12.9. The Morgan fingerprint density at radius 2 is 1.64 bits per heavy atom. The molecule has 0 bridgehead atoms. The molecule has 5 heteroatoms. The predicted molar refractivity (Wildman–Crippen MR) is 134 cm³/mol. The number of aliphatic carboxylic acids is 1. The molecule has 0 spiro atoms. The molecule has 2 aromatic carbocycles. The van der Waals surface area contributed by atoms with Crippen LogP contribution in [0, 0.1) is 17.8 Å². The number of carbonyl (C=O) groups is 2. The lowest BCUT2D eigenvalue weighted by Crippen LogP contribution is -2.41. The highest BCUT2D eigenvalue weighted by molar-refractivity contribution is 8.00. The highest BCUT2D eigenvalue weighted by Crippen LogP contribution is 2.39. The van der Waals surface area contributed by atoms with Gasteiger partial charge in [-0.3, -0.25) is 9.59 Å². The summed E-state index contributed by atoms with van der Waals surface area (Å²) in [5, 5.41) is 9.34. The van der Waals surface area contributed by atoms with Crippen molar-refractivity contribution in [3.8, 4) is 0 Å². The normalized spacial score (nSPS) is 22.6. The summed E-state index contributed by atoms with van der Waals surface area (Å²) in [6.07, 6.45) is 2.93. The number of benzene rings is 2. The van der Waals surface area contributed by atoms with Gasteiger partial charge in [-0.1, -0.05) is 75.7 Å². The van der Waals surface area contributed by atoms with Crippen molar-refractivity contribution in [2.75, 3.05) is 0 Å². The lowest BCUT2D eigenvalue weighted by atomic mass is 9.75. The molecular formula is C28H36O4S. The molecule has 0 unspecified atom stereocenters. The van der Waals surface area contributed by atoms with Crippen LogP contribution < -0.4 is 0 Å². The Balaban J connectivity index is 1.89. The highest BCUT2D eigenvalue weighted by Gasteiger charge is 2.37. The minimum Gasteiger partial charge on any atom is -0.481 e. The molecule has 1 N–H and O–H groups in total. The van der Waals surface area contributed by atoms with Gasteiger partial charge < -0.3 is 9.84 Å². The van der Waals surface area contributed by atoms with E-state index in [1.165, 1.54) is 18.2 Å². The van der Waals surface area contributed by atoms with Crippen LogP contribution in [0.25, 0.3) is 0 Å². The van der Waals surface area contributed by atoms with Crippen molar-refractivity contribution in [3.05, 3.63) is 66.2 Å². The Hall–Kier alpha value is -2.11. The van der Waals surface area contributed by atoms with E-state index in [1.54, 1.807) is 0 Å². The maximum Gasteiger partial charge on any atom is 0.304 e. The van der Waals surface area contributed by atoms with Crippen LogP contribution >= 0.6 is 11.8 Å². The topological polar surface area (TPSA) is 63.6 Å². The number of ether oxygens (including phenoxy) is 1. The quantitative estimate of drug-likeness (QED) is 0.292. The summed E-state index contributed by atoms with van der Waals surface area (Å²) in [5.74, 6) is 0.585. The Kier molecular flexibility index (Phi) is 9.57. The molecule has 0 aromatic heterocycles. The molecule has 0 aliphatic heterocycles. The van der Waals surface area contributed by atoms with E-state index in [1.807, 2.05) is 60.7 Å². The van der Waals surface area contributed by atoms with Gasteiger partial charge in [0.25, 0.3) is 0 Å². The summed E-state index contributed by atoms with van der Waals surface area (Å²) in [6.45, 7) is 6.72. The number of hydrogen-bond donors (Lipinski definition) is 1. The lowest BCUT2D eigenvalue weighted by molar-refractivity contribution is -0.138. The van der Waals surface area contributed by atoms with Crippen LogP contribution in [0.5, 0.6) is 0 Å². The van der Waals surface area contributed by atoms with Gasteiger partial charge in [0.1, 0.15) is 0 Å². The molecule has 0 heterocycles. The van der Waals surface area contributed by atoms with Crippen molar-refractivity contribution in [3.63, 3.8) is 0 Å². The first-order chi connectivity index (χ1) is 15.8. The van der Waals surface area contributed by atoms with Crippen LogP contribution in [0.15, 0.2) is 65.6 Å². The van der Waals surface area contributed by atoms with Crippen LogP contribution in [0.2, 0.25) is 0 Å². The van der Waals surface area contributed by atoms with E-state index in [0.29, 0.717) is 23.3 Å². The average Bonchev–Trinajstić information content (AvgIpc) is 2.79. The van der Waals surface area contributed by atoms with Gasteiger partial charge in [0.05, 0.1) is 18.6 Å². The van der Waals surface area contributed by atoms with Crippen LogP contribution in [0.4, 0.5) is 0 Å². The van der Waals surface area contributed by atoms with E-state index in [-0.39, 0.29) is 30.0 Å². The van der Waals surface area contributed by atoms with E-state index >= 15 is 0 Å². The van der Waals surface area contributed by atoms with Crippen LogP contribution in [-0.4, -0.2) is 34.3 Å². The standard InChI is InChI=1S/C28H36O4S/c1-19(2)23-15-14-20(3)16-25(23)32-26(17-24(29)21-10-6-4-7-11-21)27(18-28(30)31)33-22-12-8-5-9-13-22/h4-13,19-20,23,25-27H,14-18H2,1-3H3,(H,30,31)/t20-,23+,25-,26+,27-/m1/s1. The number of rotatable bonds is 11. The van der Waals surface area contributed by atoms with Gasteiger partial charge in [-0.25, -0.2) is 0 Å². The fourth-order valence-electron chi connectivity index (χ4n) is 4.78. The number of Topliss-reactive ketones (excluding diaryl/α,β-unsaturated/α-hetero) is 1. The van der Waals surface area contributed by atoms with Crippen molar-refractivity contribution < 1.29 is 19.4 Å². The van der Waals surface area contributed by atoms with Gasteiger partial charge >= 0.3 is 5.97 Å². The number of thioether (sulfide) groups is 1. The summed E-state index contributed by atoms with van der Waals surface area (Å²) in [5.41, 5.74) is 0.641. The second kappa shape index (κ2) is 12.4. The van der Waals surface area contributed by atoms with Gasteiger partial charge in [0, 0.05) is 22.1 Å². The maximum atomic E-state index is 13.2. The zero-order chi connectivity index (χ0) is 23.8. The Bertz CT molecular complexity index is 883. The van der Waals surface area contributed by atoms with Crippen LogP contribution in [0.3, 0.4) is 0 Å². The largest absolute Gasteiger partial charge is 0.481 e. The molecular weight excluding hydrogens is 432 g/mol. The summed E-state index contributed by atoms with van der Waals surface area (Å²) in [6, 6.07) is 19.0. The molecule has 1 aliphatic carbocycles. The lowest BCUT2D eigenvalue weighted by Gasteiger charge is -2.40. The zero-order valence-electron chi connectivity index (χ0n) is 19.9. The van der Waals surface area contributed by atoms with Gasteiger partial charge in [0.2, 0.25) is 0 Å². The average molecular weight is 469 g/mol. The Morgan fingerprint density at radius 1 is 1.00 bits per heavy atom. The molecule has 1 saturated carbocycles. The van der Waals surface area contributed by atoms with Crippen molar-refractivity contribution >= 4 is 23.5 Å². The number of hydrogen-bond acceptors (Lipinski definition) is 4. The van der Waals surface area contributed by atoms with E-state index in [4.69, 9.17) is 4.74 Å². The molecule has 33 heavy (non-hydrogen) atoms. The van der Waals surface area contributed by atoms with E-state index in [2.05, 4.69) is 20.8 Å². The van der Waals surface area contributed by atoms with E-state index < -0.39 is 12.1 Å². The van der Waals surface area contributed by atoms with Crippen molar-refractivity contribution in [2.45, 2.75) is 75.2 Å².